The average molecular weight is 234 g/mol. The van der Waals surface area contributed by atoms with Gasteiger partial charge in [0.05, 0.1) is 0 Å². The van der Waals surface area contributed by atoms with Crippen molar-refractivity contribution in [2.75, 3.05) is 19.5 Å². The molecule has 0 spiro atoms. The molecule has 0 aliphatic rings. The van der Waals surface area contributed by atoms with Crippen molar-refractivity contribution in [3.05, 3.63) is 0 Å². The van der Waals surface area contributed by atoms with Crippen LogP contribution in [0.4, 0.5) is 0 Å². The third kappa shape index (κ3) is 8.73. The number of alkyl halides is 1. The van der Waals surface area contributed by atoms with E-state index in [9.17, 15) is 4.79 Å². The van der Waals surface area contributed by atoms with Crippen LogP contribution in [0.15, 0.2) is 0 Å². The molecule has 0 aromatic carbocycles. The zero-order valence-electron chi connectivity index (χ0n) is 10.1. The van der Waals surface area contributed by atoms with Crippen molar-refractivity contribution in [1.82, 2.24) is 4.90 Å². The van der Waals surface area contributed by atoms with E-state index in [2.05, 4.69) is 6.92 Å². The van der Waals surface area contributed by atoms with Gasteiger partial charge in [-0.3, -0.25) is 4.79 Å². The Morgan fingerprint density at radius 3 is 2.47 bits per heavy atom. The molecule has 0 bridgehead atoms. The molecule has 0 atom stereocenters. The molecule has 2 nitrogen and oxygen atoms in total. The molecule has 0 heterocycles. The number of unbranched alkanes of at least 4 members (excludes halogenated alkanes) is 4. The van der Waals surface area contributed by atoms with E-state index in [4.69, 9.17) is 11.6 Å². The van der Waals surface area contributed by atoms with E-state index in [1.807, 2.05) is 11.9 Å². The first-order chi connectivity index (χ1) is 7.22. The Bertz CT molecular complexity index is 162. The summed E-state index contributed by atoms with van der Waals surface area (Å²) in [6, 6.07) is 0. The summed E-state index contributed by atoms with van der Waals surface area (Å²) in [5.74, 6) is 1.02. The third-order valence-electron chi connectivity index (χ3n) is 2.55. The molecule has 0 saturated heterocycles. The molecule has 0 saturated carbocycles. The van der Waals surface area contributed by atoms with Gasteiger partial charge >= 0.3 is 0 Å². The first-order valence-corrected chi connectivity index (χ1v) is 6.55. The van der Waals surface area contributed by atoms with E-state index in [1.54, 1.807) is 0 Å². The predicted octanol–water partition coefficient (Wildman–Crippen LogP) is 3.43. The van der Waals surface area contributed by atoms with E-state index < -0.39 is 0 Å². The molecule has 0 fully saturated rings. The standard InChI is InChI=1S/C12H24ClNO/c1-3-4-6-9-12(15)14(2)11-8-5-7-10-13/h3-11H2,1-2H3. The molecule has 0 unspecified atom stereocenters. The van der Waals surface area contributed by atoms with Crippen molar-refractivity contribution >= 4 is 17.5 Å². The highest BCUT2D eigenvalue weighted by Gasteiger charge is 2.06. The number of halogens is 1. The van der Waals surface area contributed by atoms with E-state index in [-0.39, 0.29) is 5.91 Å². The van der Waals surface area contributed by atoms with Crippen molar-refractivity contribution in [2.24, 2.45) is 0 Å². The molecule has 1 amide bonds. The second-order valence-corrected chi connectivity index (χ2v) is 4.40. The Labute approximate surface area is 99.0 Å². The summed E-state index contributed by atoms with van der Waals surface area (Å²) in [5, 5.41) is 0. The first kappa shape index (κ1) is 14.8. The molecule has 0 aliphatic heterocycles. The molecular formula is C12H24ClNO. The fourth-order valence-corrected chi connectivity index (χ4v) is 1.65. The lowest BCUT2D eigenvalue weighted by Crippen LogP contribution is -2.27. The number of carbonyl (C=O) groups is 1. The van der Waals surface area contributed by atoms with Gasteiger partial charge in [-0.15, -0.1) is 11.6 Å². The van der Waals surface area contributed by atoms with Crippen LogP contribution >= 0.6 is 11.6 Å². The Balaban J connectivity index is 3.42. The molecule has 0 aliphatic carbocycles. The lowest BCUT2D eigenvalue weighted by Gasteiger charge is -2.16. The van der Waals surface area contributed by atoms with Gasteiger partial charge in [0.25, 0.3) is 0 Å². The summed E-state index contributed by atoms with van der Waals surface area (Å²) in [6.07, 6.45) is 7.32. The van der Waals surface area contributed by atoms with Crippen LogP contribution in [0.1, 0.15) is 51.9 Å². The number of amides is 1. The van der Waals surface area contributed by atoms with Crippen LogP contribution in [0.2, 0.25) is 0 Å². The van der Waals surface area contributed by atoms with Crippen molar-refractivity contribution in [3.8, 4) is 0 Å². The van der Waals surface area contributed by atoms with Crippen LogP contribution in [0, 0.1) is 0 Å². The van der Waals surface area contributed by atoms with Gasteiger partial charge in [-0.2, -0.15) is 0 Å². The van der Waals surface area contributed by atoms with E-state index in [0.29, 0.717) is 6.42 Å². The van der Waals surface area contributed by atoms with Crippen LogP contribution in [-0.2, 0) is 4.79 Å². The van der Waals surface area contributed by atoms with E-state index >= 15 is 0 Å². The number of hydrogen-bond donors (Lipinski definition) is 0. The molecule has 0 radical (unpaired) electrons. The minimum absolute atomic E-state index is 0.286. The Kier molecular flexibility index (Phi) is 10.1. The largest absolute Gasteiger partial charge is 0.346 e. The zero-order chi connectivity index (χ0) is 11.5. The van der Waals surface area contributed by atoms with E-state index in [0.717, 1.165) is 44.5 Å². The lowest BCUT2D eigenvalue weighted by molar-refractivity contribution is -0.130. The van der Waals surface area contributed by atoms with Crippen molar-refractivity contribution in [2.45, 2.75) is 51.9 Å². The molecule has 0 aromatic rings. The van der Waals surface area contributed by atoms with Crippen LogP contribution in [-0.4, -0.2) is 30.3 Å². The fraction of sp³-hybridized carbons (Fsp3) is 0.917. The van der Waals surface area contributed by atoms with Gasteiger partial charge in [-0.05, 0) is 19.3 Å². The van der Waals surface area contributed by atoms with Gasteiger partial charge in [0.15, 0.2) is 0 Å². The number of hydrogen-bond acceptors (Lipinski definition) is 1. The van der Waals surface area contributed by atoms with Gasteiger partial charge in [0.2, 0.25) is 5.91 Å². The van der Waals surface area contributed by atoms with Crippen LogP contribution in [0.5, 0.6) is 0 Å². The first-order valence-electron chi connectivity index (χ1n) is 6.02. The second kappa shape index (κ2) is 10.3. The van der Waals surface area contributed by atoms with Crippen molar-refractivity contribution in [1.29, 1.82) is 0 Å². The molecule has 0 aromatic heterocycles. The highest BCUT2D eigenvalue weighted by molar-refractivity contribution is 6.17. The molecule has 0 rings (SSSR count). The van der Waals surface area contributed by atoms with E-state index in [1.165, 1.54) is 6.42 Å². The summed E-state index contributed by atoms with van der Waals surface area (Å²) < 4.78 is 0. The number of carbonyl (C=O) groups excluding carboxylic acids is 1. The van der Waals surface area contributed by atoms with Gasteiger partial charge in [0, 0.05) is 25.9 Å². The summed E-state index contributed by atoms with van der Waals surface area (Å²) in [4.78, 5) is 13.4. The van der Waals surface area contributed by atoms with Crippen molar-refractivity contribution < 1.29 is 4.79 Å². The molecule has 3 heteroatoms. The minimum Gasteiger partial charge on any atom is -0.346 e. The Hall–Kier alpha value is -0.240. The monoisotopic (exact) mass is 233 g/mol. The highest BCUT2D eigenvalue weighted by Crippen LogP contribution is 2.04. The molecular weight excluding hydrogens is 210 g/mol. The molecule has 0 N–H and O–H groups in total. The Morgan fingerprint density at radius 1 is 1.13 bits per heavy atom. The quantitative estimate of drug-likeness (QED) is 0.441. The fourth-order valence-electron chi connectivity index (χ4n) is 1.46. The Morgan fingerprint density at radius 2 is 1.87 bits per heavy atom. The zero-order valence-corrected chi connectivity index (χ0v) is 10.9. The van der Waals surface area contributed by atoms with Gasteiger partial charge in [0.1, 0.15) is 0 Å². The van der Waals surface area contributed by atoms with Gasteiger partial charge < -0.3 is 4.90 Å². The summed E-state index contributed by atoms with van der Waals surface area (Å²) in [5.41, 5.74) is 0. The van der Waals surface area contributed by atoms with Crippen LogP contribution in [0.3, 0.4) is 0 Å². The topological polar surface area (TPSA) is 20.3 Å². The summed E-state index contributed by atoms with van der Waals surface area (Å²) in [6.45, 7) is 3.03. The molecule has 15 heavy (non-hydrogen) atoms. The summed E-state index contributed by atoms with van der Waals surface area (Å²) >= 11 is 5.58. The van der Waals surface area contributed by atoms with Gasteiger partial charge in [-0.1, -0.05) is 26.2 Å². The SMILES string of the molecule is CCCCCC(=O)N(C)CCCCCCl. The third-order valence-corrected chi connectivity index (χ3v) is 2.81. The second-order valence-electron chi connectivity index (χ2n) is 4.02. The highest BCUT2D eigenvalue weighted by atomic mass is 35.5. The van der Waals surface area contributed by atoms with Crippen LogP contribution < -0.4 is 0 Å². The predicted molar refractivity (Wildman–Crippen MR) is 66.4 cm³/mol. The number of rotatable bonds is 9. The summed E-state index contributed by atoms with van der Waals surface area (Å²) in [7, 11) is 1.90. The maximum Gasteiger partial charge on any atom is 0.222 e. The van der Waals surface area contributed by atoms with Gasteiger partial charge in [-0.25, -0.2) is 0 Å². The molecule has 90 valence electrons. The average Bonchev–Trinajstić information content (AvgIpc) is 2.24. The smallest absolute Gasteiger partial charge is 0.222 e. The van der Waals surface area contributed by atoms with Crippen molar-refractivity contribution in [3.63, 3.8) is 0 Å². The van der Waals surface area contributed by atoms with Crippen LogP contribution in [0.25, 0.3) is 0 Å². The lowest BCUT2D eigenvalue weighted by atomic mass is 10.2. The normalized spacial score (nSPS) is 10.3. The minimum atomic E-state index is 0.286. The maximum absolute atomic E-state index is 11.6. The maximum atomic E-state index is 11.6. The number of nitrogens with zero attached hydrogens (tertiary/aromatic N) is 1.